The Morgan fingerprint density at radius 2 is 1.53 bits per heavy atom. The number of ether oxygens (including phenoxy) is 1. The molecule has 1 heterocycles. The number of hydrogen-bond acceptors (Lipinski definition) is 1. The monoisotopic (exact) mass is 252 g/mol. The van der Waals surface area contributed by atoms with Crippen molar-refractivity contribution in [1.29, 1.82) is 0 Å². The fourth-order valence-electron chi connectivity index (χ4n) is 2.70. The molecular weight excluding hydrogens is 234 g/mol. The van der Waals surface area contributed by atoms with E-state index in [4.69, 9.17) is 4.74 Å². The van der Waals surface area contributed by atoms with Gasteiger partial charge in [-0.1, -0.05) is 30.3 Å². The van der Waals surface area contributed by atoms with Gasteiger partial charge in [0.2, 0.25) is 5.69 Å². The summed E-state index contributed by atoms with van der Waals surface area (Å²) in [6, 6.07) is 12.6. The zero-order valence-electron chi connectivity index (χ0n) is 11.6. The topological polar surface area (TPSA) is 12.2 Å². The highest BCUT2D eigenvalue weighted by Crippen LogP contribution is 2.29. The summed E-state index contributed by atoms with van der Waals surface area (Å²) in [6.07, 6.45) is 2.18. The standard InChI is InChI=1S/C17H18NO/c1-12-6-4-7-13(2)16(12)18-10-15-9-5-8-14(3)17(15)19-11-18/h4-10H,11H2,1-3H3/q+1. The second-order valence-electron chi connectivity index (χ2n) is 5.11. The molecule has 0 saturated heterocycles. The average molecular weight is 252 g/mol. The molecule has 0 atom stereocenters. The SMILES string of the molecule is Cc1cccc2c1OC[N+](c1c(C)cccc1C)=C2. The smallest absolute Gasteiger partial charge is 0.292 e. The summed E-state index contributed by atoms with van der Waals surface area (Å²) in [5.41, 5.74) is 6.13. The molecule has 2 nitrogen and oxygen atoms in total. The molecule has 2 heteroatoms. The molecule has 0 saturated carbocycles. The van der Waals surface area contributed by atoms with Crippen LogP contribution in [0.25, 0.3) is 0 Å². The number of benzene rings is 2. The molecule has 19 heavy (non-hydrogen) atoms. The zero-order chi connectivity index (χ0) is 13.4. The molecule has 3 rings (SSSR count). The van der Waals surface area contributed by atoms with E-state index in [1.807, 2.05) is 0 Å². The van der Waals surface area contributed by atoms with Crippen LogP contribution in [0.3, 0.4) is 0 Å². The Bertz CT molecular complexity index is 651. The summed E-state index contributed by atoms with van der Waals surface area (Å²) < 4.78 is 8.11. The molecule has 0 fully saturated rings. The predicted octanol–water partition coefficient (Wildman–Crippen LogP) is 3.72. The number of nitrogens with zero attached hydrogens (tertiary/aromatic N) is 1. The van der Waals surface area contributed by atoms with Crippen LogP contribution in [0, 0.1) is 20.8 Å². The van der Waals surface area contributed by atoms with Crippen molar-refractivity contribution in [2.75, 3.05) is 6.73 Å². The summed E-state index contributed by atoms with van der Waals surface area (Å²) in [4.78, 5) is 0. The number of hydrogen-bond donors (Lipinski definition) is 0. The summed E-state index contributed by atoms with van der Waals surface area (Å²) in [5.74, 6) is 1.00. The van der Waals surface area contributed by atoms with Gasteiger partial charge in [0.1, 0.15) is 5.75 Å². The van der Waals surface area contributed by atoms with E-state index >= 15 is 0 Å². The predicted molar refractivity (Wildman–Crippen MR) is 77.7 cm³/mol. The zero-order valence-corrected chi connectivity index (χ0v) is 11.6. The Morgan fingerprint density at radius 1 is 0.895 bits per heavy atom. The van der Waals surface area contributed by atoms with Crippen LogP contribution in [0.5, 0.6) is 5.75 Å². The maximum Gasteiger partial charge on any atom is 0.292 e. The lowest BCUT2D eigenvalue weighted by Crippen LogP contribution is -2.22. The second-order valence-corrected chi connectivity index (χ2v) is 5.11. The van der Waals surface area contributed by atoms with Crippen molar-refractivity contribution in [2.24, 2.45) is 0 Å². The molecule has 1 aliphatic rings. The van der Waals surface area contributed by atoms with E-state index in [2.05, 4.69) is 68.0 Å². The highest BCUT2D eigenvalue weighted by Gasteiger charge is 2.22. The van der Waals surface area contributed by atoms with Crippen LogP contribution in [0.1, 0.15) is 22.3 Å². The summed E-state index contributed by atoms with van der Waals surface area (Å²) in [5, 5.41) is 0. The minimum absolute atomic E-state index is 0.573. The Morgan fingerprint density at radius 3 is 2.26 bits per heavy atom. The molecular formula is C17H18NO+. The van der Waals surface area contributed by atoms with Crippen molar-refractivity contribution in [3.8, 4) is 5.75 Å². The number of rotatable bonds is 1. The Hall–Kier alpha value is -2.09. The summed E-state index contributed by atoms with van der Waals surface area (Å²) in [7, 11) is 0. The first kappa shape index (κ1) is 12.0. The van der Waals surface area contributed by atoms with E-state index in [9.17, 15) is 0 Å². The van der Waals surface area contributed by atoms with E-state index in [-0.39, 0.29) is 0 Å². The van der Waals surface area contributed by atoms with Crippen LogP contribution in [0.4, 0.5) is 5.69 Å². The molecule has 0 bridgehead atoms. The molecule has 2 aromatic rings. The van der Waals surface area contributed by atoms with Crippen LogP contribution in [0.15, 0.2) is 36.4 Å². The van der Waals surface area contributed by atoms with Crippen molar-refractivity contribution >= 4 is 11.9 Å². The quantitative estimate of drug-likeness (QED) is 0.704. The van der Waals surface area contributed by atoms with E-state index < -0.39 is 0 Å². The molecule has 2 aromatic carbocycles. The molecule has 1 aliphatic heterocycles. The molecule has 0 unspecified atom stereocenters. The van der Waals surface area contributed by atoms with Gasteiger partial charge in [0.05, 0.1) is 5.56 Å². The van der Waals surface area contributed by atoms with Crippen molar-refractivity contribution in [3.63, 3.8) is 0 Å². The minimum Gasteiger partial charge on any atom is -0.435 e. The van der Waals surface area contributed by atoms with Crippen molar-refractivity contribution < 1.29 is 9.31 Å². The lowest BCUT2D eigenvalue weighted by Gasteiger charge is -2.17. The van der Waals surface area contributed by atoms with Crippen molar-refractivity contribution in [2.45, 2.75) is 20.8 Å². The molecule has 96 valence electrons. The van der Waals surface area contributed by atoms with Crippen LogP contribution in [-0.2, 0) is 0 Å². The third-order valence-electron chi connectivity index (χ3n) is 3.61. The third-order valence-corrected chi connectivity index (χ3v) is 3.61. The fraction of sp³-hybridized carbons (Fsp3) is 0.235. The van der Waals surface area contributed by atoms with E-state index in [0.29, 0.717) is 6.73 Å². The number of para-hydroxylation sites is 2. The summed E-state index contributed by atoms with van der Waals surface area (Å²) >= 11 is 0. The minimum atomic E-state index is 0.573. The first-order chi connectivity index (χ1) is 9.16. The molecule has 0 aromatic heterocycles. The first-order valence-corrected chi connectivity index (χ1v) is 6.57. The maximum atomic E-state index is 5.93. The van der Waals surface area contributed by atoms with Gasteiger partial charge in [-0.3, -0.25) is 0 Å². The Labute approximate surface area is 114 Å². The normalized spacial score (nSPS) is 13.5. The van der Waals surface area contributed by atoms with Gasteiger partial charge in [0, 0.05) is 11.1 Å². The van der Waals surface area contributed by atoms with Crippen molar-refractivity contribution in [1.82, 2.24) is 0 Å². The van der Waals surface area contributed by atoms with Gasteiger partial charge in [-0.05, 0) is 32.4 Å². The first-order valence-electron chi connectivity index (χ1n) is 6.57. The van der Waals surface area contributed by atoms with Crippen molar-refractivity contribution in [3.05, 3.63) is 58.7 Å². The van der Waals surface area contributed by atoms with Crippen LogP contribution < -0.4 is 4.74 Å². The van der Waals surface area contributed by atoms with Gasteiger partial charge in [0.15, 0.2) is 6.21 Å². The van der Waals surface area contributed by atoms with Gasteiger partial charge in [-0.15, -0.1) is 0 Å². The average Bonchev–Trinajstić information content (AvgIpc) is 2.39. The van der Waals surface area contributed by atoms with Gasteiger partial charge in [-0.2, -0.15) is 4.58 Å². The van der Waals surface area contributed by atoms with E-state index in [1.54, 1.807) is 0 Å². The van der Waals surface area contributed by atoms with Crippen LogP contribution in [-0.4, -0.2) is 17.5 Å². The Balaban J connectivity index is 2.14. The second kappa shape index (κ2) is 4.54. The van der Waals surface area contributed by atoms with Gasteiger partial charge >= 0.3 is 0 Å². The number of aryl methyl sites for hydroxylation is 3. The fourth-order valence-corrected chi connectivity index (χ4v) is 2.70. The largest absolute Gasteiger partial charge is 0.435 e. The third kappa shape index (κ3) is 2.03. The lowest BCUT2D eigenvalue weighted by atomic mass is 10.1. The molecule has 0 radical (unpaired) electrons. The lowest BCUT2D eigenvalue weighted by molar-refractivity contribution is -0.477. The van der Waals surface area contributed by atoms with Crippen LogP contribution in [0.2, 0.25) is 0 Å². The maximum absolute atomic E-state index is 5.93. The molecule has 0 aliphatic carbocycles. The molecule has 0 N–H and O–H groups in total. The molecule has 0 spiro atoms. The highest BCUT2D eigenvalue weighted by atomic mass is 16.5. The Kier molecular flexibility index (Phi) is 2.86. The highest BCUT2D eigenvalue weighted by molar-refractivity contribution is 5.82. The van der Waals surface area contributed by atoms with Crippen LogP contribution >= 0.6 is 0 Å². The van der Waals surface area contributed by atoms with Gasteiger partial charge in [0.25, 0.3) is 6.73 Å². The summed E-state index contributed by atoms with van der Waals surface area (Å²) in [6.45, 7) is 6.94. The van der Waals surface area contributed by atoms with Gasteiger partial charge < -0.3 is 4.74 Å². The van der Waals surface area contributed by atoms with Gasteiger partial charge in [-0.25, -0.2) is 0 Å². The van der Waals surface area contributed by atoms with E-state index in [0.717, 1.165) is 11.3 Å². The molecule has 0 amide bonds. The van der Waals surface area contributed by atoms with E-state index in [1.165, 1.54) is 22.4 Å². The number of fused-ring (bicyclic) bond motifs is 1.